The molecule has 0 aromatic carbocycles. The molecule has 0 spiro atoms. The first-order valence-corrected chi connectivity index (χ1v) is 4.12. The molecule has 3 nitrogen and oxygen atoms in total. The predicted molar refractivity (Wildman–Crippen MR) is 48.4 cm³/mol. The molecule has 1 aromatic heterocycles. The van der Waals surface area contributed by atoms with Crippen molar-refractivity contribution >= 4 is 0 Å². The highest BCUT2D eigenvalue weighted by Crippen LogP contribution is 2.30. The number of methoxy groups -OCH3 is 1. The maximum Gasteiger partial charge on any atom is 0.266 e. The SMILES string of the molecule is COc1cnc(C)c(C(F)F)c1CN. The van der Waals surface area contributed by atoms with Crippen LogP contribution in [0.4, 0.5) is 8.78 Å². The normalized spacial score (nSPS) is 10.7. The second-order valence-corrected chi connectivity index (χ2v) is 2.81. The molecular formula is C9H12F2N2O. The molecule has 1 aromatic rings. The van der Waals surface area contributed by atoms with Gasteiger partial charge in [0.1, 0.15) is 5.75 Å². The Bertz CT molecular complexity index is 329. The van der Waals surface area contributed by atoms with Crippen LogP contribution in [-0.2, 0) is 6.54 Å². The second kappa shape index (κ2) is 4.32. The largest absolute Gasteiger partial charge is 0.495 e. The van der Waals surface area contributed by atoms with E-state index in [1.807, 2.05) is 0 Å². The molecule has 5 heteroatoms. The first-order chi connectivity index (χ1) is 6.61. The Morgan fingerprint density at radius 2 is 2.21 bits per heavy atom. The molecule has 1 rings (SSSR count). The highest BCUT2D eigenvalue weighted by molar-refractivity contribution is 5.41. The lowest BCUT2D eigenvalue weighted by molar-refractivity contribution is 0.148. The molecule has 0 atom stereocenters. The fourth-order valence-corrected chi connectivity index (χ4v) is 1.33. The molecule has 0 bridgehead atoms. The Kier molecular flexibility index (Phi) is 3.35. The predicted octanol–water partition coefficient (Wildman–Crippen LogP) is 1.79. The lowest BCUT2D eigenvalue weighted by Crippen LogP contribution is -2.08. The zero-order chi connectivity index (χ0) is 10.7. The lowest BCUT2D eigenvalue weighted by atomic mass is 10.1. The summed E-state index contributed by atoms with van der Waals surface area (Å²) in [5, 5.41) is 0. The molecule has 0 radical (unpaired) electrons. The fraction of sp³-hybridized carbons (Fsp3) is 0.444. The molecule has 2 N–H and O–H groups in total. The van der Waals surface area contributed by atoms with Gasteiger partial charge in [-0.1, -0.05) is 0 Å². The van der Waals surface area contributed by atoms with Gasteiger partial charge in [0.05, 0.1) is 13.3 Å². The van der Waals surface area contributed by atoms with E-state index in [0.29, 0.717) is 17.0 Å². The summed E-state index contributed by atoms with van der Waals surface area (Å²) < 4.78 is 30.2. The molecular weight excluding hydrogens is 190 g/mol. The molecule has 0 unspecified atom stereocenters. The van der Waals surface area contributed by atoms with Gasteiger partial charge in [0.2, 0.25) is 0 Å². The van der Waals surface area contributed by atoms with Crippen LogP contribution in [0.2, 0.25) is 0 Å². The minimum Gasteiger partial charge on any atom is -0.495 e. The van der Waals surface area contributed by atoms with Crippen molar-refractivity contribution in [3.8, 4) is 5.75 Å². The summed E-state index contributed by atoms with van der Waals surface area (Å²) in [7, 11) is 1.40. The smallest absolute Gasteiger partial charge is 0.266 e. The van der Waals surface area contributed by atoms with Crippen LogP contribution in [-0.4, -0.2) is 12.1 Å². The minimum absolute atomic E-state index is 0.0200. The molecule has 1 heterocycles. The Morgan fingerprint density at radius 3 is 2.64 bits per heavy atom. The summed E-state index contributed by atoms with van der Waals surface area (Å²) in [5.74, 6) is 0.313. The molecule has 14 heavy (non-hydrogen) atoms. The van der Waals surface area contributed by atoms with Gasteiger partial charge in [-0.05, 0) is 6.92 Å². The number of nitrogens with zero attached hydrogens (tertiary/aromatic N) is 1. The van der Waals surface area contributed by atoms with Crippen LogP contribution in [0.3, 0.4) is 0 Å². The Labute approximate surface area is 80.9 Å². The van der Waals surface area contributed by atoms with E-state index in [-0.39, 0.29) is 12.1 Å². The van der Waals surface area contributed by atoms with Crippen LogP contribution < -0.4 is 10.5 Å². The van der Waals surface area contributed by atoms with Gasteiger partial charge in [-0.25, -0.2) is 8.78 Å². The maximum absolute atomic E-state index is 12.6. The number of alkyl halides is 2. The number of ether oxygens (including phenoxy) is 1. The Morgan fingerprint density at radius 1 is 1.57 bits per heavy atom. The number of hydrogen-bond donors (Lipinski definition) is 1. The van der Waals surface area contributed by atoms with E-state index in [1.165, 1.54) is 20.2 Å². The van der Waals surface area contributed by atoms with Crippen LogP contribution in [0, 0.1) is 6.92 Å². The van der Waals surface area contributed by atoms with Crippen molar-refractivity contribution in [1.29, 1.82) is 0 Å². The zero-order valence-electron chi connectivity index (χ0n) is 8.05. The van der Waals surface area contributed by atoms with Gasteiger partial charge in [0, 0.05) is 23.4 Å². The molecule has 0 aliphatic rings. The van der Waals surface area contributed by atoms with Gasteiger partial charge in [0.15, 0.2) is 0 Å². The maximum atomic E-state index is 12.6. The fourth-order valence-electron chi connectivity index (χ4n) is 1.33. The van der Waals surface area contributed by atoms with Gasteiger partial charge in [-0.15, -0.1) is 0 Å². The van der Waals surface area contributed by atoms with Crippen LogP contribution in [0.25, 0.3) is 0 Å². The molecule has 0 saturated heterocycles. The van der Waals surface area contributed by atoms with Gasteiger partial charge in [-0.2, -0.15) is 0 Å². The summed E-state index contributed by atoms with van der Waals surface area (Å²) in [5.41, 5.74) is 5.90. The van der Waals surface area contributed by atoms with Gasteiger partial charge >= 0.3 is 0 Å². The van der Waals surface area contributed by atoms with Crippen LogP contribution in [0.15, 0.2) is 6.20 Å². The quantitative estimate of drug-likeness (QED) is 0.812. The van der Waals surface area contributed by atoms with E-state index >= 15 is 0 Å². The molecule has 0 saturated carbocycles. The summed E-state index contributed by atoms with van der Waals surface area (Å²) in [6.07, 6.45) is -1.17. The number of rotatable bonds is 3. The molecule has 0 fully saturated rings. The molecule has 0 aliphatic heterocycles. The van der Waals surface area contributed by atoms with Crippen molar-refractivity contribution in [2.24, 2.45) is 5.73 Å². The van der Waals surface area contributed by atoms with Crippen molar-refractivity contribution in [2.75, 3.05) is 7.11 Å². The van der Waals surface area contributed by atoms with Gasteiger partial charge in [0.25, 0.3) is 6.43 Å². The molecule has 78 valence electrons. The van der Waals surface area contributed by atoms with E-state index in [0.717, 1.165) is 0 Å². The number of pyridine rings is 1. The van der Waals surface area contributed by atoms with Crippen LogP contribution in [0.5, 0.6) is 5.75 Å². The number of nitrogens with two attached hydrogens (primary N) is 1. The molecule has 0 aliphatic carbocycles. The van der Waals surface area contributed by atoms with Crippen molar-refractivity contribution in [3.63, 3.8) is 0 Å². The standard InChI is InChI=1S/C9H12F2N2O/c1-5-8(9(10)11)6(3-12)7(14-2)4-13-5/h4,9H,3,12H2,1-2H3. The van der Waals surface area contributed by atoms with Crippen LogP contribution >= 0.6 is 0 Å². The number of aryl methyl sites for hydroxylation is 1. The monoisotopic (exact) mass is 202 g/mol. The third-order valence-electron chi connectivity index (χ3n) is 2.03. The van der Waals surface area contributed by atoms with Crippen LogP contribution in [0.1, 0.15) is 23.2 Å². The highest BCUT2D eigenvalue weighted by Gasteiger charge is 2.19. The number of aromatic nitrogens is 1. The third-order valence-corrected chi connectivity index (χ3v) is 2.03. The van der Waals surface area contributed by atoms with Crippen molar-refractivity contribution in [2.45, 2.75) is 19.9 Å². The average Bonchev–Trinajstić information content (AvgIpc) is 2.16. The van der Waals surface area contributed by atoms with Crippen molar-refractivity contribution in [1.82, 2.24) is 4.98 Å². The van der Waals surface area contributed by atoms with Crippen molar-refractivity contribution in [3.05, 3.63) is 23.0 Å². The zero-order valence-corrected chi connectivity index (χ0v) is 8.05. The minimum atomic E-state index is -2.57. The lowest BCUT2D eigenvalue weighted by Gasteiger charge is -2.13. The Balaban J connectivity index is 3.35. The van der Waals surface area contributed by atoms with E-state index in [1.54, 1.807) is 0 Å². The topological polar surface area (TPSA) is 48.1 Å². The first-order valence-electron chi connectivity index (χ1n) is 4.12. The average molecular weight is 202 g/mol. The number of halogens is 2. The van der Waals surface area contributed by atoms with Gasteiger partial charge < -0.3 is 10.5 Å². The van der Waals surface area contributed by atoms with Gasteiger partial charge in [-0.3, -0.25) is 4.98 Å². The second-order valence-electron chi connectivity index (χ2n) is 2.81. The van der Waals surface area contributed by atoms with E-state index in [4.69, 9.17) is 10.5 Å². The van der Waals surface area contributed by atoms with E-state index < -0.39 is 6.43 Å². The molecule has 0 amide bonds. The third kappa shape index (κ3) is 1.82. The van der Waals surface area contributed by atoms with E-state index in [2.05, 4.69) is 4.98 Å². The summed E-state index contributed by atoms with van der Waals surface area (Å²) in [6, 6.07) is 0. The van der Waals surface area contributed by atoms with E-state index in [9.17, 15) is 8.78 Å². The first kappa shape index (κ1) is 10.8. The van der Waals surface area contributed by atoms with Crippen molar-refractivity contribution < 1.29 is 13.5 Å². The Hall–Kier alpha value is -1.23. The summed E-state index contributed by atoms with van der Waals surface area (Å²) >= 11 is 0. The summed E-state index contributed by atoms with van der Waals surface area (Å²) in [4.78, 5) is 3.82. The number of hydrogen-bond acceptors (Lipinski definition) is 3. The summed E-state index contributed by atoms with van der Waals surface area (Å²) in [6.45, 7) is 1.55. The highest BCUT2D eigenvalue weighted by atomic mass is 19.3.